The molecule has 2 aromatic rings. The van der Waals surface area contributed by atoms with Crippen LogP contribution in [0.1, 0.15) is 26.3 Å². The van der Waals surface area contributed by atoms with Crippen LogP contribution >= 0.6 is 11.3 Å². The molecule has 2 aromatic heterocycles. The van der Waals surface area contributed by atoms with Crippen molar-refractivity contribution in [2.24, 2.45) is 13.0 Å². The van der Waals surface area contributed by atoms with Crippen LogP contribution in [0.4, 0.5) is 0 Å². The zero-order valence-corrected chi connectivity index (χ0v) is 12.7. The Morgan fingerprint density at radius 2 is 2.15 bits per heavy atom. The van der Waals surface area contributed by atoms with Gasteiger partial charge in [0.25, 0.3) is 5.56 Å². The minimum Gasteiger partial charge on any atom is -0.504 e. The number of aryl methyl sites for hydroxylation is 1. The van der Waals surface area contributed by atoms with Crippen molar-refractivity contribution in [2.45, 2.75) is 27.2 Å². The molecule has 0 spiro atoms. The standard InChI is InChI=1S/C14H17NO4S/c1-7(2)5-9-6-20-14-10(9)11(17)12(19-8(3)16)13(18)15(14)4/h6-7,17H,5H2,1-4H3. The first kappa shape index (κ1) is 14.6. The third-order valence-corrected chi connectivity index (χ3v) is 4.08. The van der Waals surface area contributed by atoms with Gasteiger partial charge in [0.1, 0.15) is 4.83 Å². The van der Waals surface area contributed by atoms with Crippen molar-refractivity contribution >= 4 is 27.5 Å². The summed E-state index contributed by atoms with van der Waals surface area (Å²) in [6.07, 6.45) is 0.783. The fraction of sp³-hybridized carbons (Fsp3) is 0.429. The van der Waals surface area contributed by atoms with Gasteiger partial charge in [0.05, 0.1) is 5.39 Å². The van der Waals surface area contributed by atoms with Crippen molar-refractivity contribution in [2.75, 3.05) is 0 Å². The minimum atomic E-state index is -0.627. The van der Waals surface area contributed by atoms with Crippen LogP contribution in [0.5, 0.6) is 11.5 Å². The molecule has 20 heavy (non-hydrogen) atoms. The van der Waals surface area contributed by atoms with Gasteiger partial charge in [-0.05, 0) is 23.3 Å². The number of pyridine rings is 1. The fourth-order valence-electron chi connectivity index (χ4n) is 2.17. The monoisotopic (exact) mass is 295 g/mol. The van der Waals surface area contributed by atoms with E-state index in [0.29, 0.717) is 16.1 Å². The molecular weight excluding hydrogens is 278 g/mol. The number of esters is 1. The molecular formula is C14H17NO4S. The smallest absolute Gasteiger partial charge is 0.308 e. The summed E-state index contributed by atoms with van der Waals surface area (Å²) in [6, 6.07) is 0. The van der Waals surface area contributed by atoms with E-state index < -0.39 is 11.5 Å². The maximum atomic E-state index is 12.1. The molecule has 0 unspecified atom stereocenters. The van der Waals surface area contributed by atoms with Gasteiger partial charge < -0.3 is 9.84 Å². The van der Waals surface area contributed by atoms with Crippen LogP contribution in [0, 0.1) is 5.92 Å². The van der Waals surface area contributed by atoms with E-state index in [1.54, 1.807) is 7.05 Å². The Morgan fingerprint density at radius 3 is 2.70 bits per heavy atom. The Kier molecular flexibility index (Phi) is 3.85. The van der Waals surface area contributed by atoms with Crippen LogP contribution < -0.4 is 10.3 Å². The van der Waals surface area contributed by atoms with E-state index in [-0.39, 0.29) is 11.5 Å². The van der Waals surface area contributed by atoms with Gasteiger partial charge in [0, 0.05) is 14.0 Å². The molecule has 0 aromatic carbocycles. The molecule has 108 valence electrons. The predicted octanol–water partition coefficient (Wildman–Crippen LogP) is 2.43. The lowest BCUT2D eigenvalue weighted by Gasteiger charge is -2.10. The molecule has 2 rings (SSSR count). The van der Waals surface area contributed by atoms with Crippen molar-refractivity contribution in [3.63, 3.8) is 0 Å². The summed E-state index contributed by atoms with van der Waals surface area (Å²) in [4.78, 5) is 23.9. The van der Waals surface area contributed by atoms with Crippen LogP contribution in [-0.2, 0) is 18.3 Å². The molecule has 5 nitrogen and oxygen atoms in total. The molecule has 1 N–H and O–H groups in total. The van der Waals surface area contributed by atoms with Crippen LogP contribution in [0.15, 0.2) is 10.2 Å². The maximum absolute atomic E-state index is 12.1. The number of carbonyl (C=O) groups is 1. The second-order valence-corrected chi connectivity index (χ2v) is 6.03. The van der Waals surface area contributed by atoms with Crippen molar-refractivity contribution in [1.29, 1.82) is 0 Å². The second-order valence-electron chi connectivity index (χ2n) is 5.17. The molecule has 0 atom stereocenters. The van der Waals surface area contributed by atoms with Gasteiger partial charge in [-0.25, -0.2) is 0 Å². The van der Waals surface area contributed by atoms with Gasteiger partial charge in [-0.3, -0.25) is 14.2 Å². The number of ether oxygens (including phenoxy) is 1. The van der Waals surface area contributed by atoms with Gasteiger partial charge in [-0.2, -0.15) is 0 Å². The lowest BCUT2D eigenvalue weighted by atomic mass is 10.0. The Hall–Kier alpha value is -1.82. The highest BCUT2D eigenvalue weighted by molar-refractivity contribution is 7.17. The molecule has 0 aliphatic heterocycles. The van der Waals surface area contributed by atoms with E-state index in [1.165, 1.54) is 22.8 Å². The highest BCUT2D eigenvalue weighted by atomic mass is 32.1. The van der Waals surface area contributed by atoms with Crippen LogP contribution in [0.2, 0.25) is 0 Å². The molecule has 0 radical (unpaired) electrons. The Balaban J connectivity index is 2.76. The Bertz CT molecular complexity index is 727. The fourth-order valence-corrected chi connectivity index (χ4v) is 3.22. The molecule has 0 saturated carbocycles. The van der Waals surface area contributed by atoms with Crippen molar-refractivity contribution in [3.05, 3.63) is 21.3 Å². The molecule has 0 amide bonds. The number of rotatable bonds is 3. The molecule has 0 fully saturated rings. The first-order chi connectivity index (χ1) is 9.32. The van der Waals surface area contributed by atoms with E-state index >= 15 is 0 Å². The highest BCUT2D eigenvalue weighted by Crippen LogP contribution is 2.38. The molecule has 0 aliphatic rings. The molecule has 6 heteroatoms. The second kappa shape index (κ2) is 5.28. The average Bonchev–Trinajstić information content (AvgIpc) is 2.74. The van der Waals surface area contributed by atoms with Crippen molar-refractivity contribution in [1.82, 2.24) is 4.57 Å². The number of aromatic hydroxyl groups is 1. The Morgan fingerprint density at radius 1 is 1.50 bits per heavy atom. The summed E-state index contributed by atoms with van der Waals surface area (Å²) in [5, 5.41) is 12.8. The third-order valence-electron chi connectivity index (χ3n) is 2.98. The minimum absolute atomic E-state index is 0.241. The number of carbonyl (C=O) groups excluding carboxylic acids is 1. The Labute approximate surface area is 120 Å². The number of hydrogen-bond donors (Lipinski definition) is 1. The first-order valence-corrected chi connectivity index (χ1v) is 7.21. The van der Waals surface area contributed by atoms with Gasteiger partial charge in [-0.1, -0.05) is 13.8 Å². The molecule has 2 heterocycles. The topological polar surface area (TPSA) is 68.5 Å². The van der Waals surface area contributed by atoms with E-state index in [1.807, 2.05) is 5.38 Å². The number of hydrogen-bond acceptors (Lipinski definition) is 5. The van der Waals surface area contributed by atoms with Crippen LogP contribution in [0.25, 0.3) is 10.2 Å². The zero-order valence-electron chi connectivity index (χ0n) is 11.9. The number of aromatic nitrogens is 1. The summed E-state index contributed by atoms with van der Waals surface area (Å²) in [5.74, 6) is -0.745. The zero-order chi connectivity index (χ0) is 15.0. The molecule has 0 saturated heterocycles. The van der Waals surface area contributed by atoms with Gasteiger partial charge in [0.2, 0.25) is 5.75 Å². The van der Waals surface area contributed by atoms with Crippen molar-refractivity contribution < 1.29 is 14.6 Å². The summed E-state index contributed by atoms with van der Waals surface area (Å²) in [6.45, 7) is 5.36. The van der Waals surface area contributed by atoms with Crippen molar-refractivity contribution in [3.8, 4) is 11.5 Å². The number of nitrogens with zero attached hydrogens (tertiary/aromatic N) is 1. The molecule has 0 aliphatic carbocycles. The SMILES string of the molecule is CC(=O)Oc1c(O)c2c(CC(C)C)csc2n(C)c1=O. The van der Waals surface area contributed by atoms with Crippen LogP contribution in [0.3, 0.4) is 0 Å². The lowest BCUT2D eigenvalue weighted by Crippen LogP contribution is -2.20. The summed E-state index contributed by atoms with van der Waals surface area (Å²) >= 11 is 1.40. The normalized spacial score (nSPS) is 11.2. The van der Waals surface area contributed by atoms with E-state index in [4.69, 9.17) is 4.74 Å². The third kappa shape index (κ3) is 2.43. The largest absolute Gasteiger partial charge is 0.504 e. The van der Waals surface area contributed by atoms with Gasteiger partial charge >= 0.3 is 5.97 Å². The highest BCUT2D eigenvalue weighted by Gasteiger charge is 2.21. The quantitative estimate of drug-likeness (QED) is 0.883. The van der Waals surface area contributed by atoms with Gasteiger partial charge in [0.15, 0.2) is 5.75 Å². The van der Waals surface area contributed by atoms with Crippen LogP contribution in [-0.4, -0.2) is 15.6 Å². The number of fused-ring (bicyclic) bond motifs is 1. The number of thiophene rings is 1. The summed E-state index contributed by atoms with van der Waals surface area (Å²) in [5.41, 5.74) is 0.449. The summed E-state index contributed by atoms with van der Waals surface area (Å²) < 4.78 is 6.28. The maximum Gasteiger partial charge on any atom is 0.308 e. The summed E-state index contributed by atoms with van der Waals surface area (Å²) in [7, 11) is 1.60. The van der Waals surface area contributed by atoms with E-state index in [9.17, 15) is 14.7 Å². The lowest BCUT2D eigenvalue weighted by molar-refractivity contribution is -0.132. The predicted molar refractivity (Wildman–Crippen MR) is 78.6 cm³/mol. The average molecular weight is 295 g/mol. The van der Waals surface area contributed by atoms with E-state index in [0.717, 1.165) is 12.0 Å². The first-order valence-electron chi connectivity index (χ1n) is 6.33. The molecule has 0 bridgehead atoms. The van der Waals surface area contributed by atoms with E-state index in [2.05, 4.69) is 13.8 Å². The van der Waals surface area contributed by atoms with Gasteiger partial charge in [-0.15, -0.1) is 11.3 Å².